The van der Waals surface area contributed by atoms with Gasteiger partial charge >= 0.3 is 0 Å². The highest BCUT2D eigenvalue weighted by atomic mass is 16.5. The van der Waals surface area contributed by atoms with Crippen LogP contribution in [0.2, 0.25) is 0 Å². The van der Waals surface area contributed by atoms with Crippen molar-refractivity contribution in [1.29, 1.82) is 0 Å². The van der Waals surface area contributed by atoms with E-state index in [0.29, 0.717) is 23.7 Å². The van der Waals surface area contributed by atoms with Crippen LogP contribution in [0.5, 0.6) is 11.5 Å². The van der Waals surface area contributed by atoms with Crippen LogP contribution in [-0.2, 0) is 0 Å². The number of carbonyl (C=O) groups excluding carboxylic acids is 1. The molecule has 2 heterocycles. The van der Waals surface area contributed by atoms with E-state index in [4.69, 9.17) is 9.47 Å². The number of carbonyl (C=O) groups is 1. The first kappa shape index (κ1) is 18.0. The number of aromatic nitrogens is 3. The molecule has 4 rings (SSSR count). The molecule has 0 aliphatic carbocycles. The number of ether oxygens (including phenoxy) is 2. The Hall–Kier alpha value is -3.35. The van der Waals surface area contributed by atoms with Gasteiger partial charge in [0.05, 0.1) is 32.1 Å². The summed E-state index contributed by atoms with van der Waals surface area (Å²) >= 11 is 0. The summed E-state index contributed by atoms with van der Waals surface area (Å²) < 4.78 is 10.7. The van der Waals surface area contributed by atoms with Crippen LogP contribution in [-0.4, -0.2) is 46.6 Å². The summed E-state index contributed by atoms with van der Waals surface area (Å²) in [5.74, 6) is 1.22. The number of hydrogen-bond donors (Lipinski definition) is 0. The number of para-hydroxylation sites is 1. The first-order chi connectivity index (χ1) is 13.7. The molecule has 1 unspecified atom stereocenters. The van der Waals surface area contributed by atoms with Gasteiger partial charge in [-0.1, -0.05) is 24.3 Å². The van der Waals surface area contributed by atoms with Gasteiger partial charge in [0.1, 0.15) is 0 Å². The van der Waals surface area contributed by atoms with E-state index in [1.165, 1.54) is 11.0 Å². The van der Waals surface area contributed by atoms with E-state index in [1.807, 2.05) is 53.4 Å². The fourth-order valence-corrected chi connectivity index (χ4v) is 3.61. The molecule has 1 amide bonds. The maximum absolute atomic E-state index is 13.1. The molecule has 1 aliphatic rings. The fraction of sp³-hybridized carbons (Fsp3) is 0.286. The lowest BCUT2D eigenvalue weighted by Gasteiger charge is -2.24. The number of methoxy groups -OCH3 is 2. The van der Waals surface area contributed by atoms with Crippen LogP contribution in [0.25, 0.3) is 5.69 Å². The van der Waals surface area contributed by atoms with Gasteiger partial charge in [-0.15, -0.1) is 5.10 Å². The zero-order valence-electron chi connectivity index (χ0n) is 15.9. The number of likely N-dealkylation sites (tertiary alicyclic amines) is 1. The summed E-state index contributed by atoms with van der Waals surface area (Å²) in [6, 6.07) is 15.3. The zero-order valence-corrected chi connectivity index (χ0v) is 15.9. The second-order valence-corrected chi connectivity index (χ2v) is 6.63. The molecule has 1 fully saturated rings. The van der Waals surface area contributed by atoms with Crippen molar-refractivity contribution in [2.24, 2.45) is 0 Å². The molecular weight excluding hydrogens is 356 g/mol. The Bertz CT molecular complexity index is 971. The fourth-order valence-electron chi connectivity index (χ4n) is 3.61. The Kier molecular flexibility index (Phi) is 4.97. The van der Waals surface area contributed by atoms with E-state index < -0.39 is 0 Å². The van der Waals surface area contributed by atoms with Crippen LogP contribution in [0.1, 0.15) is 34.9 Å². The van der Waals surface area contributed by atoms with Crippen molar-refractivity contribution in [3.8, 4) is 17.2 Å². The zero-order chi connectivity index (χ0) is 19.5. The van der Waals surface area contributed by atoms with Gasteiger partial charge in [0.25, 0.3) is 5.91 Å². The third-order valence-corrected chi connectivity index (χ3v) is 5.00. The molecular formula is C21H22N4O3. The molecule has 0 bridgehead atoms. The first-order valence-electron chi connectivity index (χ1n) is 9.22. The maximum Gasteiger partial charge on any atom is 0.276 e. The van der Waals surface area contributed by atoms with Crippen LogP contribution in [0.3, 0.4) is 0 Å². The molecule has 1 aliphatic heterocycles. The molecule has 3 aromatic rings. The Labute approximate surface area is 163 Å². The van der Waals surface area contributed by atoms with Crippen LogP contribution < -0.4 is 9.47 Å². The summed E-state index contributed by atoms with van der Waals surface area (Å²) in [5, 5.41) is 8.63. The average molecular weight is 378 g/mol. The number of benzene rings is 2. The highest BCUT2D eigenvalue weighted by molar-refractivity contribution is 5.92. The van der Waals surface area contributed by atoms with Gasteiger partial charge in [0.2, 0.25) is 0 Å². The minimum absolute atomic E-state index is 0.0193. The Morgan fingerprint density at radius 2 is 1.86 bits per heavy atom. The largest absolute Gasteiger partial charge is 0.493 e. The summed E-state index contributed by atoms with van der Waals surface area (Å²) in [6.07, 6.45) is 3.37. The molecule has 0 radical (unpaired) electrons. The summed E-state index contributed by atoms with van der Waals surface area (Å²) in [7, 11) is 3.22. The van der Waals surface area contributed by atoms with Crippen molar-refractivity contribution >= 4 is 5.91 Å². The van der Waals surface area contributed by atoms with Gasteiger partial charge in [0.15, 0.2) is 17.2 Å². The predicted octanol–water partition coefficient (Wildman–Crippen LogP) is 3.26. The Morgan fingerprint density at radius 3 is 2.61 bits per heavy atom. The molecule has 2 aromatic carbocycles. The highest BCUT2D eigenvalue weighted by Gasteiger charge is 2.32. The van der Waals surface area contributed by atoms with E-state index in [-0.39, 0.29) is 11.9 Å². The van der Waals surface area contributed by atoms with E-state index in [1.54, 1.807) is 14.2 Å². The molecule has 144 valence electrons. The third-order valence-electron chi connectivity index (χ3n) is 5.00. The molecule has 28 heavy (non-hydrogen) atoms. The highest BCUT2D eigenvalue weighted by Crippen LogP contribution is 2.37. The van der Waals surface area contributed by atoms with Crippen LogP contribution >= 0.6 is 0 Å². The van der Waals surface area contributed by atoms with Crippen molar-refractivity contribution in [2.45, 2.75) is 18.9 Å². The first-order valence-corrected chi connectivity index (χ1v) is 9.22. The van der Waals surface area contributed by atoms with Crippen LogP contribution in [0, 0.1) is 0 Å². The molecule has 7 heteroatoms. The minimum Gasteiger partial charge on any atom is -0.493 e. The van der Waals surface area contributed by atoms with Gasteiger partial charge < -0.3 is 14.4 Å². The van der Waals surface area contributed by atoms with Crippen LogP contribution in [0.4, 0.5) is 0 Å². The lowest BCUT2D eigenvalue weighted by molar-refractivity contribution is 0.0729. The molecule has 0 saturated carbocycles. The Balaban J connectivity index is 1.58. The van der Waals surface area contributed by atoms with Gasteiger partial charge in [-0.25, -0.2) is 0 Å². The summed E-state index contributed by atoms with van der Waals surface area (Å²) in [5.41, 5.74) is 2.19. The second kappa shape index (κ2) is 7.72. The van der Waals surface area contributed by atoms with E-state index in [2.05, 4.69) is 10.2 Å². The van der Waals surface area contributed by atoms with Crippen LogP contribution in [0.15, 0.2) is 54.7 Å². The quantitative estimate of drug-likeness (QED) is 0.682. The smallest absolute Gasteiger partial charge is 0.276 e. The molecule has 1 aromatic heterocycles. The molecule has 1 saturated heterocycles. The third kappa shape index (κ3) is 3.31. The van der Waals surface area contributed by atoms with Gasteiger partial charge in [-0.2, -0.15) is 9.90 Å². The average Bonchev–Trinajstić information content (AvgIpc) is 3.43. The normalized spacial score (nSPS) is 16.2. The second-order valence-electron chi connectivity index (χ2n) is 6.63. The summed E-state index contributed by atoms with van der Waals surface area (Å²) in [4.78, 5) is 16.4. The molecule has 7 nitrogen and oxygen atoms in total. The number of amides is 1. The molecule has 0 spiro atoms. The van der Waals surface area contributed by atoms with Gasteiger partial charge in [-0.3, -0.25) is 4.79 Å². The van der Waals surface area contributed by atoms with Crippen molar-refractivity contribution in [3.63, 3.8) is 0 Å². The predicted molar refractivity (Wildman–Crippen MR) is 104 cm³/mol. The van der Waals surface area contributed by atoms with E-state index in [0.717, 1.165) is 24.1 Å². The SMILES string of the molecule is COc1ccc(C2CCCN2C(=O)c2cnn(-c3ccccc3)n2)cc1OC. The summed E-state index contributed by atoms with van der Waals surface area (Å²) in [6.45, 7) is 0.691. The lowest BCUT2D eigenvalue weighted by atomic mass is 10.0. The molecule has 0 N–H and O–H groups in total. The lowest BCUT2D eigenvalue weighted by Crippen LogP contribution is -2.31. The molecule has 1 atom stereocenters. The standard InChI is InChI=1S/C21H22N4O3/c1-27-19-11-10-15(13-20(19)28-2)18-9-6-12-24(18)21(26)17-14-22-25(23-17)16-7-4-3-5-8-16/h3-5,7-8,10-11,13-14,18H,6,9,12H2,1-2H3. The van der Waals surface area contributed by atoms with Gasteiger partial charge in [0, 0.05) is 6.54 Å². The Morgan fingerprint density at radius 1 is 1.07 bits per heavy atom. The minimum atomic E-state index is -0.112. The number of nitrogens with zero attached hydrogens (tertiary/aromatic N) is 4. The van der Waals surface area contributed by atoms with Crippen molar-refractivity contribution in [1.82, 2.24) is 19.9 Å². The van der Waals surface area contributed by atoms with Crippen molar-refractivity contribution < 1.29 is 14.3 Å². The number of hydrogen-bond acceptors (Lipinski definition) is 5. The van der Waals surface area contributed by atoms with Crippen molar-refractivity contribution in [2.75, 3.05) is 20.8 Å². The monoisotopic (exact) mass is 378 g/mol. The maximum atomic E-state index is 13.1. The van der Waals surface area contributed by atoms with Crippen molar-refractivity contribution in [3.05, 3.63) is 66.0 Å². The van der Waals surface area contributed by atoms with E-state index >= 15 is 0 Å². The van der Waals surface area contributed by atoms with E-state index in [9.17, 15) is 4.79 Å². The van der Waals surface area contributed by atoms with Gasteiger partial charge in [-0.05, 0) is 42.7 Å². The topological polar surface area (TPSA) is 69.5 Å². The number of rotatable bonds is 5.